The Morgan fingerprint density at radius 2 is 2.00 bits per heavy atom. The summed E-state index contributed by atoms with van der Waals surface area (Å²) in [5.74, 6) is 0. The van der Waals surface area contributed by atoms with E-state index in [2.05, 4.69) is 61.3 Å². The van der Waals surface area contributed by atoms with Gasteiger partial charge >= 0.3 is 0 Å². The smallest absolute Gasteiger partial charge is 0.0303 e. The van der Waals surface area contributed by atoms with Crippen LogP contribution in [0.25, 0.3) is 0 Å². The minimum Gasteiger partial charge on any atom is -0.311 e. The quantitative estimate of drug-likeness (QED) is 0.854. The average Bonchev–Trinajstić information content (AvgIpc) is 2.49. The Labute approximate surface area is 124 Å². The van der Waals surface area contributed by atoms with Gasteiger partial charge in [0, 0.05) is 24.7 Å². The summed E-state index contributed by atoms with van der Waals surface area (Å²) in [4.78, 5) is 2.72. The molecule has 0 bridgehead atoms. The molecule has 1 aromatic carbocycles. The van der Waals surface area contributed by atoms with E-state index in [9.17, 15) is 0 Å². The van der Waals surface area contributed by atoms with Crippen LogP contribution < -0.4 is 5.32 Å². The van der Waals surface area contributed by atoms with Crippen molar-refractivity contribution >= 4 is 0 Å². The second-order valence-corrected chi connectivity index (χ2v) is 6.42. The Morgan fingerprint density at radius 1 is 1.25 bits per heavy atom. The van der Waals surface area contributed by atoms with Crippen LogP contribution in [0.4, 0.5) is 0 Å². The fourth-order valence-electron chi connectivity index (χ4n) is 3.12. The maximum atomic E-state index is 3.77. The van der Waals surface area contributed by atoms with Crippen molar-refractivity contribution in [2.24, 2.45) is 0 Å². The molecule has 0 radical (unpaired) electrons. The zero-order chi connectivity index (χ0) is 14.4. The van der Waals surface area contributed by atoms with E-state index >= 15 is 0 Å². The van der Waals surface area contributed by atoms with Gasteiger partial charge < -0.3 is 5.32 Å². The van der Waals surface area contributed by atoms with E-state index in [4.69, 9.17) is 0 Å². The number of benzene rings is 1. The van der Waals surface area contributed by atoms with Crippen molar-refractivity contribution in [1.82, 2.24) is 10.2 Å². The van der Waals surface area contributed by atoms with E-state index in [0.717, 1.165) is 13.0 Å². The van der Waals surface area contributed by atoms with Gasteiger partial charge in [-0.1, -0.05) is 50.6 Å². The molecule has 1 aliphatic rings. The van der Waals surface area contributed by atoms with Gasteiger partial charge in [-0.2, -0.15) is 0 Å². The molecule has 2 atom stereocenters. The number of unbranched alkanes of at least 4 members (excludes halogenated alkanes) is 1. The Kier molecular flexibility index (Phi) is 5.62. The van der Waals surface area contributed by atoms with Gasteiger partial charge in [0.25, 0.3) is 0 Å². The zero-order valence-electron chi connectivity index (χ0n) is 13.4. The molecule has 2 heteroatoms. The highest BCUT2D eigenvalue weighted by atomic mass is 15.3. The summed E-state index contributed by atoms with van der Waals surface area (Å²) in [5.41, 5.74) is 1.78. The van der Waals surface area contributed by atoms with Gasteiger partial charge in [0.05, 0.1) is 0 Å². The van der Waals surface area contributed by atoms with E-state index in [1.54, 1.807) is 0 Å². The summed E-state index contributed by atoms with van der Waals surface area (Å²) < 4.78 is 0. The normalized spacial score (nSPS) is 27.6. The molecule has 2 rings (SSSR count). The number of nitrogens with zero attached hydrogens (tertiary/aromatic N) is 1. The van der Waals surface area contributed by atoms with Gasteiger partial charge in [-0.05, 0) is 38.3 Å². The molecule has 0 amide bonds. The number of hydrogen-bond donors (Lipinski definition) is 1. The largest absolute Gasteiger partial charge is 0.311 e. The molecular weight excluding hydrogens is 244 g/mol. The van der Waals surface area contributed by atoms with Crippen molar-refractivity contribution in [3.63, 3.8) is 0 Å². The Bertz CT molecular complexity index is 390. The third-order valence-electron chi connectivity index (χ3n) is 4.84. The number of nitrogens with one attached hydrogen (secondary N) is 1. The first-order valence-corrected chi connectivity index (χ1v) is 8.20. The molecule has 1 N–H and O–H groups in total. The summed E-state index contributed by atoms with van der Waals surface area (Å²) in [7, 11) is 0. The van der Waals surface area contributed by atoms with Crippen LogP contribution in [-0.2, 0) is 6.42 Å². The standard InChI is InChI=1S/C18H30N2/c1-4-6-12-20-14-17(19-15-18(20,3)5-2)13-16-10-8-7-9-11-16/h7-11,17,19H,4-6,12-15H2,1-3H3. The van der Waals surface area contributed by atoms with Crippen molar-refractivity contribution in [1.29, 1.82) is 0 Å². The SMILES string of the molecule is CCCCN1CC(Cc2ccccc2)NCC1(C)CC. The molecule has 0 saturated carbocycles. The lowest BCUT2D eigenvalue weighted by Gasteiger charge is -2.48. The first-order chi connectivity index (χ1) is 9.68. The van der Waals surface area contributed by atoms with E-state index in [-0.39, 0.29) is 0 Å². The molecule has 1 saturated heterocycles. The maximum Gasteiger partial charge on any atom is 0.0303 e. The first-order valence-electron chi connectivity index (χ1n) is 8.20. The van der Waals surface area contributed by atoms with E-state index in [0.29, 0.717) is 11.6 Å². The van der Waals surface area contributed by atoms with Crippen molar-refractivity contribution in [2.75, 3.05) is 19.6 Å². The molecule has 1 heterocycles. The third-order valence-corrected chi connectivity index (χ3v) is 4.84. The molecule has 2 nitrogen and oxygen atoms in total. The molecule has 112 valence electrons. The summed E-state index contributed by atoms with van der Waals surface area (Å²) in [6.45, 7) is 10.6. The fourth-order valence-corrected chi connectivity index (χ4v) is 3.12. The van der Waals surface area contributed by atoms with Crippen molar-refractivity contribution in [2.45, 2.75) is 58.0 Å². The Morgan fingerprint density at radius 3 is 2.65 bits per heavy atom. The minimum atomic E-state index is 0.336. The molecule has 2 unspecified atom stereocenters. The van der Waals surface area contributed by atoms with Gasteiger partial charge in [-0.15, -0.1) is 0 Å². The number of piperazine rings is 1. The predicted molar refractivity (Wildman–Crippen MR) is 87.1 cm³/mol. The van der Waals surface area contributed by atoms with Crippen LogP contribution in [0.5, 0.6) is 0 Å². The monoisotopic (exact) mass is 274 g/mol. The second kappa shape index (κ2) is 7.24. The zero-order valence-corrected chi connectivity index (χ0v) is 13.4. The first kappa shape index (κ1) is 15.5. The van der Waals surface area contributed by atoms with Crippen LogP contribution in [0.1, 0.15) is 45.6 Å². The molecule has 20 heavy (non-hydrogen) atoms. The summed E-state index contributed by atoms with van der Waals surface area (Å²) in [6, 6.07) is 11.5. The molecule has 1 aliphatic heterocycles. The topological polar surface area (TPSA) is 15.3 Å². The van der Waals surface area contributed by atoms with Crippen LogP contribution >= 0.6 is 0 Å². The van der Waals surface area contributed by atoms with Gasteiger partial charge in [0.15, 0.2) is 0 Å². The van der Waals surface area contributed by atoms with Crippen LogP contribution in [-0.4, -0.2) is 36.1 Å². The predicted octanol–water partition coefficient (Wildman–Crippen LogP) is 3.47. The summed E-state index contributed by atoms with van der Waals surface area (Å²) >= 11 is 0. The van der Waals surface area contributed by atoms with Crippen LogP contribution in [0.2, 0.25) is 0 Å². The fraction of sp³-hybridized carbons (Fsp3) is 0.667. The highest BCUT2D eigenvalue weighted by Crippen LogP contribution is 2.24. The molecule has 1 aromatic rings. The van der Waals surface area contributed by atoms with E-state index in [1.807, 2.05) is 0 Å². The molecule has 0 aromatic heterocycles. The van der Waals surface area contributed by atoms with E-state index in [1.165, 1.54) is 37.9 Å². The molecule has 1 fully saturated rings. The third kappa shape index (κ3) is 3.83. The van der Waals surface area contributed by atoms with Crippen molar-refractivity contribution in [3.8, 4) is 0 Å². The van der Waals surface area contributed by atoms with Crippen molar-refractivity contribution < 1.29 is 0 Å². The van der Waals surface area contributed by atoms with Crippen LogP contribution in [0, 0.1) is 0 Å². The lowest BCUT2D eigenvalue weighted by molar-refractivity contribution is 0.0478. The lowest BCUT2D eigenvalue weighted by Crippen LogP contribution is -2.63. The summed E-state index contributed by atoms with van der Waals surface area (Å²) in [5, 5.41) is 3.77. The van der Waals surface area contributed by atoms with Gasteiger partial charge in [-0.3, -0.25) is 4.90 Å². The number of rotatable bonds is 6. The van der Waals surface area contributed by atoms with Crippen molar-refractivity contribution in [3.05, 3.63) is 35.9 Å². The second-order valence-electron chi connectivity index (χ2n) is 6.42. The van der Waals surface area contributed by atoms with Gasteiger partial charge in [-0.25, -0.2) is 0 Å². The highest BCUT2D eigenvalue weighted by molar-refractivity contribution is 5.16. The average molecular weight is 274 g/mol. The van der Waals surface area contributed by atoms with Crippen LogP contribution in [0.15, 0.2) is 30.3 Å². The molecule has 0 aliphatic carbocycles. The summed E-state index contributed by atoms with van der Waals surface area (Å²) in [6.07, 6.45) is 4.96. The number of hydrogen-bond acceptors (Lipinski definition) is 2. The lowest BCUT2D eigenvalue weighted by atomic mass is 9.90. The van der Waals surface area contributed by atoms with E-state index < -0.39 is 0 Å². The van der Waals surface area contributed by atoms with Gasteiger partial charge in [0.2, 0.25) is 0 Å². The maximum absolute atomic E-state index is 3.77. The minimum absolute atomic E-state index is 0.336. The Balaban J connectivity index is 1.97. The molecule has 0 spiro atoms. The highest BCUT2D eigenvalue weighted by Gasteiger charge is 2.35. The van der Waals surface area contributed by atoms with Gasteiger partial charge in [0.1, 0.15) is 0 Å². The Hall–Kier alpha value is -0.860. The van der Waals surface area contributed by atoms with Crippen LogP contribution in [0.3, 0.4) is 0 Å². The molecular formula is C18H30N2.